The highest BCUT2D eigenvalue weighted by atomic mass is 16.5. The van der Waals surface area contributed by atoms with E-state index in [9.17, 15) is 4.79 Å². The Kier molecular flexibility index (Phi) is 6.73. The summed E-state index contributed by atoms with van der Waals surface area (Å²) in [6.07, 6.45) is 9.59. The number of nitrogens with zero attached hydrogens (tertiary/aromatic N) is 1. The van der Waals surface area contributed by atoms with Crippen molar-refractivity contribution in [2.45, 2.75) is 64.4 Å². The lowest BCUT2D eigenvalue weighted by Gasteiger charge is -2.21. The van der Waals surface area contributed by atoms with Gasteiger partial charge in [0.25, 0.3) is 5.91 Å². The third-order valence-electron chi connectivity index (χ3n) is 3.90. The normalized spacial score (nSPS) is 16.0. The van der Waals surface area contributed by atoms with Gasteiger partial charge in [-0.05, 0) is 31.7 Å². The van der Waals surface area contributed by atoms with Crippen molar-refractivity contribution in [1.82, 2.24) is 15.5 Å². The van der Waals surface area contributed by atoms with Crippen LogP contribution in [0.4, 0.5) is 0 Å². The predicted octanol–water partition coefficient (Wildman–Crippen LogP) is 2.83. The lowest BCUT2D eigenvalue weighted by atomic mass is 9.98. The Morgan fingerprint density at radius 1 is 1.43 bits per heavy atom. The van der Waals surface area contributed by atoms with E-state index in [0.717, 1.165) is 31.6 Å². The molecule has 0 saturated heterocycles. The standard InChI is InChI=1S/C16H27N3O2/c1-2-7-13-12-15(19-18-13)16(20)17-10-6-11-21-14-8-4-3-5-9-14/h12,14H,2-11H2,1H3,(H,17,20)(H,18,19). The van der Waals surface area contributed by atoms with E-state index >= 15 is 0 Å². The number of amides is 1. The lowest BCUT2D eigenvalue weighted by Crippen LogP contribution is -2.26. The molecule has 5 heteroatoms. The van der Waals surface area contributed by atoms with Gasteiger partial charge >= 0.3 is 0 Å². The average Bonchev–Trinajstić information content (AvgIpc) is 2.97. The maximum absolute atomic E-state index is 11.9. The minimum atomic E-state index is -0.105. The Bertz CT molecular complexity index is 425. The van der Waals surface area contributed by atoms with Crippen molar-refractivity contribution in [3.05, 3.63) is 17.5 Å². The summed E-state index contributed by atoms with van der Waals surface area (Å²) in [5.41, 5.74) is 1.50. The molecule has 1 amide bonds. The molecular formula is C16H27N3O2. The molecular weight excluding hydrogens is 266 g/mol. The Balaban J connectivity index is 1.58. The summed E-state index contributed by atoms with van der Waals surface area (Å²) >= 11 is 0. The summed E-state index contributed by atoms with van der Waals surface area (Å²) in [6, 6.07) is 1.83. The van der Waals surface area contributed by atoms with Crippen LogP contribution in [0.3, 0.4) is 0 Å². The second-order valence-electron chi connectivity index (χ2n) is 5.77. The van der Waals surface area contributed by atoms with E-state index in [1.807, 2.05) is 6.07 Å². The zero-order valence-electron chi connectivity index (χ0n) is 13.0. The van der Waals surface area contributed by atoms with Crippen molar-refractivity contribution < 1.29 is 9.53 Å². The zero-order valence-corrected chi connectivity index (χ0v) is 13.0. The van der Waals surface area contributed by atoms with Gasteiger partial charge < -0.3 is 10.1 Å². The number of H-pyrrole nitrogens is 1. The van der Waals surface area contributed by atoms with Crippen molar-refractivity contribution in [3.63, 3.8) is 0 Å². The van der Waals surface area contributed by atoms with E-state index < -0.39 is 0 Å². The minimum absolute atomic E-state index is 0.105. The summed E-state index contributed by atoms with van der Waals surface area (Å²) in [4.78, 5) is 11.9. The number of nitrogens with one attached hydrogen (secondary N) is 2. The van der Waals surface area contributed by atoms with Crippen LogP contribution >= 0.6 is 0 Å². The molecule has 0 unspecified atom stereocenters. The maximum Gasteiger partial charge on any atom is 0.271 e. The number of aromatic amines is 1. The second kappa shape index (κ2) is 8.82. The van der Waals surface area contributed by atoms with E-state index in [1.165, 1.54) is 32.1 Å². The Morgan fingerprint density at radius 3 is 3.00 bits per heavy atom. The van der Waals surface area contributed by atoms with Crippen molar-refractivity contribution >= 4 is 5.91 Å². The van der Waals surface area contributed by atoms with Crippen LogP contribution < -0.4 is 5.32 Å². The van der Waals surface area contributed by atoms with Gasteiger partial charge in [0.05, 0.1) is 6.10 Å². The van der Waals surface area contributed by atoms with Crippen molar-refractivity contribution in [2.75, 3.05) is 13.2 Å². The fourth-order valence-electron chi connectivity index (χ4n) is 2.72. The molecule has 0 bridgehead atoms. The number of carbonyl (C=O) groups excluding carboxylic acids is 1. The number of hydrogen-bond acceptors (Lipinski definition) is 3. The van der Waals surface area contributed by atoms with Crippen LogP contribution in [-0.4, -0.2) is 35.4 Å². The molecule has 0 spiro atoms. The number of hydrogen-bond donors (Lipinski definition) is 2. The summed E-state index contributed by atoms with van der Waals surface area (Å²) in [5, 5.41) is 9.83. The lowest BCUT2D eigenvalue weighted by molar-refractivity contribution is 0.0273. The molecule has 0 radical (unpaired) electrons. The first-order chi connectivity index (χ1) is 10.3. The SMILES string of the molecule is CCCc1cc(C(=O)NCCCOC2CCCCC2)n[nH]1. The molecule has 2 rings (SSSR count). The summed E-state index contributed by atoms with van der Waals surface area (Å²) in [7, 11) is 0. The van der Waals surface area contributed by atoms with E-state index in [4.69, 9.17) is 4.74 Å². The highest BCUT2D eigenvalue weighted by Gasteiger charge is 2.13. The van der Waals surface area contributed by atoms with E-state index in [-0.39, 0.29) is 5.91 Å². The quantitative estimate of drug-likeness (QED) is 0.724. The molecule has 2 N–H and O–H groups in total. The summed E-state index contributed by atoms with van der Waals surface area (Å²) in [6.45, 7) is 3.47. The molecule has 0 aliphatic heterocycles. The Hall–Kier alpha value is -1.36. The number of carbonyl (C=O) groups is 1. The minimum Gasteiger partial charge on any atom is -0.378 e. The van der Waals surface area contributed by atoms with Gasteiger partial charge in [-0.3, -0.25) is 9.89 Å². The fourth-order valence-corrected chi connectivity index (χ4v) is 2.72. The highest BCUT2D eigenvalue weighted by molar-refractivity contribution is 5.92. The molecule has 1 aromatic heterocycles. The van der Waals surface area contributed by atoms with Crippen LogP contribution in [0, 0.1) is 0 Å². The number of rotatable bonds is 8. The maximum atomic E-state index is 11.9. The highest BCUT2D eigenvalue weighted by Crippen LogP contribution is 2.20. The molecule has 0 atom stereocenters. The Labute approximate surface area is 126 Å². The fraction of sp³-hybridized carbons (Fsp3) is 0.750. The van der Waals surface area contributed by atoms with E-state index in [0.29, 0.717) is 18.3 Å². The molecule has 5 nitrogen and oxygen atoms in total. The van der Waals surface area contributed by atoms with Gasteiger partial charge in [0.1, 0.15) is 5.69 Å². The predicted molar refractivity (Wildman–Crippen MR) is 82.4 cm³/mol. The van der Waals surface area contributed by atoms with Crippen LogP contribution in [-0.2, 0) is 11.2 Å². The zero-order chi connectivity index (χ0) is 14.9. The molecule has 1 saturated carbocycles. The molecule has 1 aliphatic carbocycles. The Morgan fingerprint density at radius 2 is 2.24 bits per heavy atom. The van der Waals surface area contributed by atoms with Gasteiger partial charge in [0, 0.05) is 18.8 Å². The van der Waals surface area contributed by atoms with Gasteiger partial charge in [-0.25, -0.2) is 0 Å². The van der Waals surface area contributed by atoms with Gasteiger partial charge in [-0.15, -0.1) is 0 Å². The first-order valence-electron chi connectivity index (χ1n) is 8.23. The molecule has 1 aliphatic rings. The smallest absolute Gasteiger partial charge is 0.271 e. The average molecular weight is 293 g/mol. The van der Waals surface area contributed by atoms with E-state index in [2.05, 4.69) is 22.4 Å². The van der Waals surface area contributed by atoms with Crippen LogP contribution in [0.25, 0.3) is 0 Å². The summed E-state index contributed by atoms with van der Waals surface area (Å²) in [5.74, 6) is -0.105. The molecule has 1 heterocycles. The van der Waals surface area contributed by atoms with Crippen LogP contribution in [0.2, 0.25) is 0 Å². The van der Waals surface area contributed by atoms with Crippen molar-refractivity contribution in [2.24, 2.45) is 0 Å². The topological polar surface area (TPSA) is 67.0 Å². The number of ether oxygens (including phenoxy) is 1. The third-order valence-corrected chi connectivity index (χ3v) is 3.90. The molecule has 1 aromatic rings. The molecule has 0 aromatic carbocycles. The van der Waals surface area contributed by atoms with Crippen LogP contribution in [0.15, 0.2) is 6.07 Å². The molecule has 118 valence electrons. The molecule has 21 heavy (non-hydrogen) atoms. The third kappa shape index (κ3) is 5.50. The number of aryl methyl sites for hydroxylation is 1. The van der Waals surface area contributed by atoms with Crippen LogP contribution in [0.1, 0.15) is 68.1 Å². The van der Waals surface area contributed by atoms with Crippen molar-refractivity contribution in [3.8, 4) is 0 Å². The monoisotopic (exact) mass is 293 g/mol. The molecule has 1 fully saturated rings. The van der Waals surface area contributed by atoms with Gasteiger partial charge in [0.15, 0.2) is 0 Å². The van der Waals surface area contributed by atoms with Gasteiger partial charge in [-0.2, -0.15) is 5.10 Å². The second-order valence-corrected chi connectivity index (χ2v) is 5.77. The van der Waals surface area contributed by atoms with Gasteiger partial charge in [-0.1, -0.05) is 32.6 Å². The number of aromatic nitrogens is 2. The van der Waals surface area contributed by atoms with E-state index in [1.54, 1.807) is 0 Å². The first kappa shape index (κ1) is 16.0. The van der Waals surface area contributed by atoms with Crippen molar-refractivity contribution in [1.29, 1.82) is 0 Å². The first-order valence-corrected chi connectivity index (χ1v) is 8.23. The van der Waals surface area contributed by atoms with Crippen LogP contribution in [0.5, 0.6) is 0 Å². The van der Waals surface area contributed by atoms with Gasteiger partial charge in [0.2, 0.25) is 0 Å². The largest absolute Gasteiger partial charge is 0.378 e. The summed E-state index contributed by atoms with van der Waals surface area (Å²) < 4.78 is 5.83.